The van der Waals surface area contributed by atoms with Crippen molar-refractivity contribution in [3.05, 3.63) is 46.8 Å². The second kappa shape index (κ2) is 6.83. The van der Waals surface area contributed by atoms with Crippen molar-refractivity contribution >= 4 is 17.6 Å². The molecule has 0 spiro atoms. The van der Waals surface area contributed by atoms with Gasteiger partial charge in [0.2, 0.25) is 5.95 Å². The molecule has 0 aliphatic carbocycles. The molecule has 3 rings (SSSR count). The van der Waals surface area contributed by atoms with Crippen LogP contribution in [0.2, 0.25) is 0 Å². The third-order valence-electron chi connectivity index (χ3n) is 4.09. The van der Waals surface area contributed by atoms with Crippen molar-refractivity contribution in [2.75, 3.05) is 12.4 Å². The summed E-state index contributed by atoms with van der Waals surface area (Å²) < 4.78 is 5.30. The molecule has 0 saturated heterocycles. The summed E-state index contributed by atoms with van der Waals surface area (Å²) >= 11 is 0. The number of aryl methyl sites for hydroxylation is 1. The topological polar surface area (TPSA) is 113 Å². The summed E-state index contributed by atoms with van der Waals surface area (Å²) in [7, 11) is 1.57. The Balaban J connectivity index is 1.85. The number of aromatic nitrogens is 4. The van der Waals surface area contributed by atoms with Crippen molar-refractivity contribution in [2.24, 2.45) is 0 Å². The van der Waals surface area contributed by atoms with E-state index in [2.05, 4.69) is 25.5 Å². The lowest BCUT2D eigenvalue weighted by molar-refractivity contribution is 0.101. The van der Waals surface area contributed by atoms with Gasteiger partial charge in [-0.25, -0.2) is 0 Å². The average Bonchev–Trinajstić information content (AvgIpc) is 3.18. The van der Waals surface area contributed by atoms with E-state index < -0.39 is 5.91 Å². The minimum absolute atomic E-state index is 0.0911. The Hall–Kier alpha value is -3.42. The van der Waals surface area contributed by atoms with Crippen LogP contribution in [0.1, 0.15) is 39.0 Å². The molecule has 2 heterocycles. The zero-order chi connectivity index (χ0) is 18.8. The number of hydrogen-bond acceptors (Lipinski definition) is 5. The van der Waals surface area contributed by atoms with Crippen LogP contribution in [0.4, 0.5) is 5.95 Å². The molecule has 2 aromatic heterocycles. The Morgan fingerprint density at radius 3 is 2.58 bits per heavy atom. The number of H-pyrrole nitrogens is 2. The van der Waals surface area contributed by atoms with Crippen molar-refractivity contribution in [1.82, 2.24) is 20.2 Å². The summed E-state index contributed by atoms with van der Waals surface area (Å²) in [6.07, 6.45) is 0. The molecule has 0 unspecified atom stereocenters. The van der Waals surface area contributed by atoms with Gasteiger partial charge in [0.25, 0.3) is 5.91 Å². The van der Waals surface area contributed by atoms with Gasteiger partial charge in [-0.05, 0) is 38.5 Å². The van der Waals surface area contributed by atoms with Crippen LogP contribution in [0.25, 0.3) is 11.4 Å². The highest BCUT2D eigenvalue weighted by Gasteiger charge is 2.21. The monoisotopic (exact) mass is 353 g/mol. The van der Waals surface area contributed by atoms with Crippen LogP contribution >= 0.6 is 0 Å². The van der Waals surface area contributed by atoms with Crippen molar-refractivity contribution in [3.8, 4) is 17.1 Å². The largest absolute Gasteiger partial charge is 0.496 e. The summed E-state index contributed by atoms with van der Waals surface area (Å²) in [6.45, 7) is 4.96. The van der Waals surface area contributed by atoms with Gasteiger partial charge in [-0.15, -0.1) is 5.10 Å². The highest BCUT2D eigenvalue weighted by atomic mass is 16.5. The molecule has 8 nitrogen and oxygen atoms in total. The van der Waals surface area contributed by atoms with Gasteiger partial charge in [0.1, 0.15) is 11.4 Å². The Bertz CT molecular complexity index is 987. The molecule has 0 bridgehead atoms. The van der Waals surface area contributed by atoms with Gasteiger partial charge < -0.3 is 9.72 Å². The van der Waals surface area contributed by atoms with E-state index in [4.69, 9.17) is 4.74 Å². The first-order valence-electron chi connectivity index (χ1n) is 7.99. The standard InChI is InChI=1S/C18H19N5O3/c1-9-14(11(3)24)10(2)19-15(9)17(25)21-18-20-16(22-23-18)12-7-5-6-8-13(12)26-4/h5-8,19H,1-4H3,(H2,20,21,22,23,25). The number of methoxy groups -OCH3 is 1. The molecule has 8 heteroatoms. The summed E-state index contributed by atoms with van der Waals surface area (Å²) in [5.41, 5.74) is 2.84. The number of ether oxygens (including phenoxy) is 1. The maximum Gasteiger partial charge on any atom is 0.274 e. The third-order valence-corrected chi connectivity index (χ3v) is 4.09. The first-order chi connectivity index (χ1) is 12.4. The zero-order valence-corrected chi connectivity index (χ0v) is 14.9. The van der Waals surface area contributed by atoms with Crippen LogP contribution in [0.15, 0.2) is 24.3 Å². The number of benzene rings is 1. The number of aromatic amines is 2. The van der Waals surface area contributed by atoms with E-state index >= 15 is 0 Å². The van der Waals surface area contributed by atoms with Crippen LogP contribution in [0.3, 0.4) is 0 Å². The summed E-state index contributed by atoms with van der Waals surface area (Å²) in [4.78, 5) is 31.5. The Morgan fingerprint density at radius 2 is 1.92 bits per heavy atom. The minimum Gasteiger partial charge on any atom is -0.496 e. The molecule has 1 aromatic carbocycles. The van der Waals surface area contributed by atoms with E-state index in [9.17, 15) is 9.59 Å². The van der Waals surface area contributed by atoms with E-state index in [0.717, 1.165) is 5.56 Å². The van der Waals surface area contributed by atoms with Crippen LogP contribution in [-0.2, 0) is 0 Å². The van der Waals surface area contributed by atoms with Crippen molar-refractivity contribution in [1.29, 1.82) is 0 Å². The first-order valence-corrected chi connectivity index (χ1v) is 7.99. The lowest BCUT2D eigenvalue weighted by Gasteiger charge is -2.04. The number of rotatable bonds is 5. The second-order valence-electron chi connectivity index (χ2n) is 5.84. The van der Waals surface area contributed by atoms with E-state index in [1.807, 2.05) is 24.3 Å². The number of para-hydroxylation sites is 1. The number of carbonyl (C=O) groups excluding carboxylic acids is 2. The molecule has 134 valence electrons. The van der Waals surface area contributed by atoms with E-state index in [1.165, 1.54) is 6.92 Å². The number of amides is 1. The Labute approximate surface area is 150 Å². The highest BCUT2D eigenvalue weighted by molar-refractivity contribution is 6.07. The maximum atomic E-state index is 12.5. The van der Waals surface area contributed by atoms with Crippen molar-refractivity contribution < 1.29 is 14.3 Å². The number of hydrogen-bond donors (Lipinski definition) is 3. The smallest absolute Gasteiger partial charge is 0.274 e. The van der Waals surface area contributed by atoms with Crippen LogP contribution in [0, 0.1) is 13.8 Å². The molecule has 26 heavy (non-hydrogen) atoms. The quantitative estimate of drug-likeness (QED) is 0.611. The van der Waals surface area contributed by atoms with Crippen LogP contribution < -0.4 is 10.1 Å². The van der Waals surface area contributed by atoms with Gasteiger partial charge in [-0.1, -0.05) is 12.1 Å². The molecule has 0 aliphatic rings. The summed E-state index contributed by atoms with van der Waals surface area (Å²) in [6, 6.07) is 7.35. The predicted octanol–water partition coefficient (Wildman–Crippen LogP) is 2.88. The second-order valence-corrected chi connectivity index (χ2v) is 5.84. The van der Waals surface area contributed by atoms with Crippen LogP contribution in [-0.4, -0.2) is 39.0 Å². The molecular weight excluding hydrogens is 334 g/mol. The zero-order valence-electron chi connectivity index (χ0n) is 14.9. The number of nitrogens with one attached hydrogen (secondary N) is 3. The molecule has 0 saturated carbocycles. The fourth-order valence-corrected chi connectivity index (χ4v) is 2.95. The van der Waals surface area contributed by atoms with Gasteiger partial charge in [0.15, 0.2) is 11.6 Å². The maximum absolute atomic E-state index is 12.5. The molecule has 1 amide bonds. The van der Waals surface area contributed by atoms with Gasteiger partial charge >= 0.3 is 0 Å². The minimum atomic E-state index is -0.413. The van der Waals surface area contributed by atoms with Gasteiger partial charge in [0.05, 0.1) is 12.7 Å². The van der Waals surface area contributed by atoms with Gasteiger partial charge in [0, 0.05) is 11.3 Å². The SMILES string of the molecule is COc1ccccc1-c1nc(NC(=O)c2[nH]c(C)c(C(C)=O)c2C)n[nH]1. The van der Waals surface area contributed by atoms with Crippen LogP contribution in [0.5, 0.6) is 5.75 Å². The molecule has 0 aliphatic heterocycles. The molecule has 3 aromatic rings. The fourth-order valence-electron chi connectivity index (χ4n) is 2.95. The first kappa shape index (κ1) is 17.4. The summed E-state index contributed by atoms with van der Waals surface area (Å²) in [5, 5.41) is 9.44. The highest BCUT2D eigenvalue weighted by Crippen LogP contribution is 2.27. The molecule has 0 radical (unpaired) electrons. The Kier molecular flexibility index (Phi) is 4.57. The van der Waals surface area contributed by atoms with Crippen molar-refractivity contribution in [3.63, 3.8) is 0 Å². The van der Waals surface area contributed by atoms with Crippen molar-refractivity contribution in [2.45, 2.75) is 20.8 Å². The normalized spacial score (nSPS) is 10.6. The number of carbonyl (C=O) groups is 2. The van der Waals surface area contributed by atoms with Gasteiger partial charge in [-0.3, -0.25) is 20.0 Å². The molecule has 0 atom stereocenters. The lowest BCUT2D eigenvalue weighted by Crippen LogP contribution is -2.15. The number of anilines is 1. The number of ketones is 1. The molecule has 0 fully saturated rings. The third kappa shape index (κ3) is 3.08. The molecule has 3 N–H and O–H groups in total. The van der Waals surface area contributed by atoms with Gasteiger partial charge in [-0.2, -0.15) is 4.98 Å². The fraction of sp³-hybridized carbons (Fsp3) is 0.222. The predicted molar refractivity (Wildman–Crippen MR) is 96.6 cm³/mol. The number of Topliss-reactive ketones (excluding diaryl/α,β-unsaturated/α-hetero) is 1. The lowest BCUT2D eigenvalue weighted by atomic mass is 10.1. The number of nitrogens with zero attached hydrogens (tertiary/aromatic N) is 2. The van der Waals surface area contributed by atoms with E-state index in [0.29, 0.717) is 34.1 Å². The molecular formula is C18H19N5O3. The van der Waals surface area contributed by atoms with E-state index in [1.54, 1.807) is 21.0 Å². The average molecular weight is 353 g/mol. The summed E-state index contributed by atoms with van der Waals surface area (Å²) in [5.74, 6) is 0.743. The Morgan fingerprint density at radius 1 is 1.19 bits per heavy atom. The van der Waals surface area contributed by atoms with E-state index in [-0.39, 0.29) is 11.7 Å².